The first kappa shape index (κ1) is 19.3. The van der Waals surface area contributed by atoms with E-state index in [0.29, 0.717) is 0 Å². The summed E-state index contributed by atoms with van der Waals surface area (Å²) in [6.07, 6.45) is 4.34. The summed E-state index contributed by atoms with van der Waals surface area (Å²) in [5.41, 5.74) is -0.526. The average Bonchev–Trinajstić information content (AvgIpc) is 2.63. The minimum absolute atomic E-state index is 0.0363. The highest BCUT2D eigenvalue weighted by Gasteiger charge is 2.32. The quantitative estimate of drug-likeness (QED) is 0.596. The highest BCUT2D eigenvalue weighted by molar-refractivity contribution is 5.95. The maximum atomic E-state index is 14.0. The van der Waals surface area contributed by atoms with Crippen molar-refractivity contribution in [2.24, 2.45) is 5.92 Å². The summed E-state index contributed by atoms with van der Waals surface area (Å²) in [4.78, 5) is 25.9. The molecule has 1 saturated carbocycles. The second kappa shape index (κ2) is 8.36. The summed E-state index contributed by atoms with van der Waals surface area (Å²) in [6, 6.07) is 1.50. The van der Waals surface area contributed by atoms with Crippen LogP contribution < -0.4 is 0 Å². The van der Waals surface area contributed by atoms with Gasteiger partial charge in [0.1, 0.15) is 0 Å². The molecule has 0 bridgehead atoms. The molecule has 1 amide bonds. The average molecular weight is 357 g/mol. The van der Waals surface area contributed by atoms with Crippen molar-refractivity contribution in [1.29, 1.82) is 0 Å². The highest BCUT2D eigenvalue weighted by Crippen LogP contribution is 2.26. The van der Waals surface area contributed by atoms with Gasteiger partial charge in [0, 0.05) is 12.6 Å². The maximum Gasteiger partial charge on any atom is 0.310 e. The zero-order valence-electron chi connectivity index (χ0n) is 14.4. The summed E-state index contributed by atoms with van der Waals surface area (Å²) in [6.45, 7) is 1.64. The number of ether oxygens (including phenoxy) is 1. The van der Waals surface area contributed by atoms with E-state index in [0.717, 1.165) is 44.2 Å². The third kappa shape index (κ3) is 4.32. The number of esters is 1. The summed E-state index contributed by atoms with van der Waals surface area (Å²) >= 11 is 0. The number of rotatable bonds is 5. The molecule has 2 rings (SSSR count). The fraction of sp³-hybridized carbons (Fsp3) is 0.556. The predicted octanol–water partition coefficient (Wildman–Crippen LogP) is 3.69. The van der Waals surface area contributed by atoms with Gasteiger partial charge in [0.05, 0.1) is 18.6 Å². The number of benzene rings is 1. The van der Waals surface area contributed by atoms with Crippen molar-refractivity contribution in [1.82, 2.24) is 4.90 Å². The molecule has 4 nitrogen and oxygen atoms in total. The Morgan fingerprint density at radius 2 is 1.80 bits per heavy atom. The molecular formula is C18H22F3NO3. The molecule has 138 valence electrons. The molecule has 0 aliphatic heterocycles. The van der Waals surface area contributed by atoms with Gasteiger partial charge in [0.2, 0.25) is 0 Å². The lowest BCUT2D eigenvalue weighted by atomic mass is 9.92. The standard InChI is InChI=1S/C18H22F3NO3/c1-11(18(24)25-2)10-22(12-6-4-3-5-7-12)17(23)13-8-9-14(19)16(21)15(13)20/h8-9,11-12H,3-7,10H2,1-2H3. The minimum Gasteiger partial charge on any atom is -0.469 e. The first-order valence-corrected chi connectivity index (χ1v) is 8.39. The van der Waals surface area contributed by atoms with Crippen molar-refractivity contribution in [3.63, 3.8) is 0 Å². The Morgan fingerprint density at radius 3 is 2.40 bits per heavy atom. The molecular weight excluding hydrogens is 335 g/mol. The van der Waals surface area contributed by atoms with Crippen LogP contribution in [0.2, 0.25) is 0 Å². The van der Waals surface area contributed by atoms with Crippen LogP contribution in [0.1, 0.15) is 49.4 Å². The molecule has 1 fully saturated rings. The van der Waals surface area contributed by atoms with E-state index in [1.54, 1.807) is 6.92 Å². The molecule has 1 aromatic carbocycles. The zero-order chi connectivity index (χ0) is 18.6. The molecule has 0 N–H and O–H groups in total. The van der Waals surface area contributed by atoms with E-state index in [1.165, 1.54) is 12.0 Å². The topological polar surface area (TPSA) is 46.6 Å². The minimum atomic E-state index is -1.67. The van der Waals surface area contributed by atoms with Crippen molar-refractivity contribution in [3.8, 4) is 0 Å². The monoisotopic (exact) mass is 357 g/mol. The van der Waals surface area contributed by atoms with E-state index in [4.69, 9.17) is 0 Å². The van der Waals surface area contributed by atoms with Crippen molar-refractivity contribution >= 4 is 11.9 Å². The summed E-state index contributed by atoms with van der Waals surface area (Å²) in [5, 5.41) is 0. The zero-order valence-corrected chi connectivity index (χ0v) is 14.4. The van der Waals surface area contributed by atoms with Gasteiger partial charge in [-0.15, -0.1) is 0 Å². The van der Waals surface area contributed by atoms with Gasteiger partial charge < -0.3 is 9.64 Å². The largest absolute Gasteiger partial charge is 0.469 e. The van der Waals surface area contributed by atoms with Crippen molar-refractivity contribution in [2.45, 2.75) is 45.1 Å². The lowest BCUT2D eigenvalue weighted by Crippen LogP contribution is -2.45. The Labute approximate surface area is 144 Å². The molecule has 0 saturated heterocycles. The van der Waals surface area contributed by atoms with Gasteiger partial charge in [-0.1, -0.05) is 26.2 Å². The molecule has 0 aromatic heterocycles. The molecule has 1 aliphatic rings. The van der Waals surface area contributed by atoms with Gasteiger partial charge in [-0.3, -0.25) is 9.59 Å². The molecule has 7 heteroatoms. The summed E-state index contributed by atoms with van der Waals surface area (Å²) < 4.78 is 45.4. The molecule has 0 radical (unpaired) electrons. The van der Waals surface area contributed by atoms with Crippen LogP contribution in [0, 0.1) is 23.4 Å². The van der Waals surface area contributed by atoms with E-state index in [2.05, 4.69) is 4.74 Å². The number of nitrogens with zero attached hydrogens (tertiary/aromatic N) is 1. The van der Waals surface area contributed by atoms with Crippen molar-refractivity contribution < 1.29 is 27.5 Å². The number of methoxy groups -OCH3 is 1. The van der Waals surface area contributed by atoms with Crippen LogP contribution in [0.3, 0.4) is 0 Å². The van der Waals surface area contributed by atoms with Crippen LogP contribution in [-0.2, 0) is 9.53 Å². The summed E-state index contributed by atoms with van der Waals surface area (Å²) in [7, 11) is 1.25. The molecule has 1 aliphatic carbocycles. The Balaban J connectivity index is 2.31. The number of carbonyl (C=O) groups is 2. The first-order chi connectivity index (χ1) is 11.9. The first-order valence-electron chi connectivity index (χ1n) is 8.39. The third-order valence-electron chi connectivity index (χ3n) is 4.62. The Morgan fingerprint density at radius 1 is 1.16 bits per heavy atom. The van der Waals surface area contributed by atoms with Crippen LogP contribution in [0.4, 0.5) is 13.2 Å². The second-order valence-corrected chi connectivity index (χ2v) is 6.40. The molecule has 25 heavy (non-hydrogen) atoms. The van der Waals surface area contributed by atoms with Crippen LogP contribution in [0.25, 0.3) is 0 Å². The molecule has 1 unspecified atom stereocenters. The maximum absolute atomic E-state index is 14.0. The van der Waals surface area contributed by atoms with Crippen LogP contribution in [-0.4, -0.2) is 36.5 Å². The Bertz CT molecular complexity index is 645. The number of amides is 1. The van der Waals surface area contributed by atoms with Crippen molar-refractivity contribution in [3.05, 3.63) is 35.1 Å². The third-order valence-corrected chi connectivity index (χ3v) is 4.62. The van der Waals surface area contributed by atoms with Crippen molar-refractivity contribution in [2.75, 3.05) is 13.7 Å². The van der Waals surface area contributed by atoms with Gasteiger partial charge in [-0.05, 0) is 25.0 Å². The van der Waals surface area contributed by atoms with E-state index in [9.17, 15) is 22.8 Å². The van der Waals surface area contributed by atoms with Gasteiger partial charge in [-0.2, -0.15) is 0 Å². The van der Waals surface area contributed by atoms with E-state index >= 15 is 0 Å². The Kier molecular flexibility index (Phi) is 6.45. The van der Waals surface area contributed by atoms with Gasteiger partial charge >= 0.3 is 5.97 Å². The predicted molar refractivity (Wildman–Crippen MR) is 85.4 cm³/mol. The van der Waals surface area contributed by atoms with Crippen LogP contribution in [0.15, 0.2) is 12.1 Å². The van der Waals surface area contributed by atoms with Crippen LogP contribution in [0.5, 0.6) is 0 Å². The smallest absolute Gasteiger partial charge is 0.310 e. The van der Waals surface area contributed by atoms with Gasteiger partial charge in [0.25, 0.3) is 5.91 Å². The van der Waals surface area contributed by atoms with E-state index in [-0.39, 0.29) is 12.6 Å². The number of halogens is 3. The summed E-state index contributed by atoms with van der Waals surface area (Å²) in [5.74, 6) is -6.35. The Hall–Kier alpha value is -2.05. The fourth-order valence-electron chi connectivity index (χ4n) is 3.21. The molecule has 1 atom stereocenters. The number of carbonyl (C=O) groups excluding carboxylic acids is 2. The van der Waals surface area contributed by atoms with Gasteiger partial charge in [-0.25, -0.2) is 13.2 Å². The molecule has 0 spiro atoms. The lowest BCUT2D eigenvalue weighted by Gasteiger charge is -2.35. The molecule has 1 aromatic rings. The SMILES string of the molecule is COC(=O)C(C)CN(C(=O)c1ccc(F)c(F)c1F)C1CCCCC1. The van der Waals surface area contributed by atoms with E-state index in [1.807, 2.05) is 0 Å². The van der Waals surface area contributed by atoms with Gasteiger partial charge in [0.15, 0.2) is 17.5 Å². The lowest BCUT2D eigenvalue weighted by molar-refractivity contribution is -0.145. The second-order valence-electron chi connectivity index (χ2n) is 6.40. The van der Waals surface area contributed by atoms with E-state index < -0.39 is 40.8 Å². The fourth-order valence-corrected chi connectivity index (χ4v) is 3.21. The van der Waals surface area contributed by atoms with Crippen LogP contribution >= 0.6 is 0 Å². The number of hydrogen-bond donors (Lipinski definition) is 0. The highest BCUT2D eigenvalue weighted by atomic mass is 19.2. The number of hydrogen-bond acceptors (Lipinski definition) is 3. The molecule has 0 heterocycles. The normalized spacial score (nSPS) is 16.4.